The van der Waals surface area contributed by atoms with Crippen molar-refractivity contribution >= 4 is 16.1 Å². The minimum Gasteiger partial charge on any atom is -0.453 e. The van der Waals surface area contributed by atoms with Gasteiger partial charge in [0, 0.05) is 19.2 Å². The van der Waals surface area contributed by atoms with E-state index in [0.29, 0.717) is 12.3 Å². The van der Waals surface area contributed by atoms with Crippen LogP contribution in [-0.4, -0.2) is 76.8 Å². The Morgan fingerprint density at radius 3 is 2.58 bits per heavy atom. The van der Waals surface area contributed by atoms with Gasteiger partial charge >= 0.3 is 6.09 Å². The highest BCUT2D eigenvalue weighted by molar-refractivity contribution is 7.89. The standard InChI is InChI=1S/C23H35FN2O6S/c1-16-13-21(25-33(28,29)12-11-30-2)22(26(16)23(27)31-3)15-32-20-9-7-17(8-10-20)18-5-4-6-19(24)14-18/h4-6,14,16-17,20-22,25H,7-13,15H2,1-3H3/t16-,17?,20?,21+,22+/m1/s1. The normalized spacial score (nSPS) is 28.1. The lowest BCUT2D eigenvalue weighted by molar-refractivity contribution is -0.00861. The number of carbonyl (C=O) groups is 1. The third-order valence-electron chi connectivity index (χ3n) is 6.66. The summed E-state index contributed by atoms with van der Waals surface area (Å²) in [6.07, 6.45) is 3.42. The second kappa shape index (κ2) is 11.6. The van der Waals surface area contributed by atoms with Crippen molar-refractivity contribution in [3.8, 4) is 0 Å². The van der Waals surface area contributed by atoms with Crippen molar-refractivity contribution in [1.82, 2.24) is 9.62 Å². The molecule has 3 atom stereocenters. The second-order valence-corrected chi connectivity index (χ2v) is 10.8. The first-order valence-corrected chi connectivity index (χ1v) is 13.1. The van der Waals surface area contributed by atoms with Gasteiger partial charge in [-0.05, 0) is 62.6 Å². The molecule has 0 bridgehead atoms. The molecular formula is C23H35FN2O6S. The molecule has 0 aromatic heterocycles. The Hall–Kier alpha value is -1.75. The highest BCUT2D eigenvalue weighted by Crippen LogP contribution is 2.35. The van der Waals surface area contributed by atoms with Gasteiger partial charge in [0.15, 0.2) is 0 Å². The molecule has 3 rings (SSSR count). The number of nitrogens with zero attached hydrogens (tertiary/aromatic N) is 1. The third-order valence-corrected chi connectivity index (χ3v) is 8.03. The fourth-order valence-electron chi connectivity index (χ4n) is 4.94. The Labute approximate surface area is 195 Å². The van der Waals surface area contributed by atoms with Crippen LogP contribution in [0.4, 0.5) is 9.18 Å². The van der Waals surface area contributed by atoms with E-state index in [-0.39, 0.29) is 36.9 Å². The molecule has 0 unspecified atom stereocenters. The zero-order valence-electron chi connectivity index (χ0n) is 19.5. The fraction of sp³-hybridized carbons (Fsp3) is 0.696. The summed E-state index contributed by atoms with van der Waals surface area (Å²) in [5, 5.41) is 0. The van der Waals surface area contributed by atoms with Crippen LogP contribution in [0.5, 0.6) is 0 Å². The minimum absolute atomic E-state index is 0.0101. The lowest BCUT2D eigenvalue weighted by Crippen LogP contribution is -2.51. The lowest BCUT2D eigenvalue weighted by Gasteiger charge is -2.33. The molecule has 1 heterocycles. The first-order chi connectivity index (χ1) is 15.7. The molecular weight excluding hydrogens is 451 g/mol. The number of methoxy groups -OCH3 is 2. The number of amides is 1. The number of carbonyl (C=O) groups excluding carboxylic acids is 1. The summed E-state index contributed by atoms with van der Waals surface area (Å²) in [6, 6.07) is 5.63. The average Bonchev–Trinajstić information content (AvgIpc) is 3.10. The van der Waals surface area contributed by atoms with Gasteiger partial charge in [0.1, 0.15) is 5.82 Å². The molecule has 1 saturated carbocycles. The molecule has 0 spiro atoms. The molecule has 1 N–H and O–H groups in total. The van der Waals surface area contributed by atoms with Crippen LogP contribution < -0.4 is 4.72 Å². The van der Waals surface area contributed by atoms with Gasteiger partial charge in [-0.2, -0.15) is 0 Å². The minimum atomic E-state index is -3.56. The molecule has 10 heteroatoms. The molecule has 1 saturated heterocycles. The van der Waals surface area contributed by atoms with Crippen molar-refractivity contribution in [2.24, 2.45) is 0 Å². The van der Waals surface area contributed by atoms with E-state index in [1.54, 1.807) is 17.0 Å². The third kappa shape index (κ3) is 6.88. The molecule has 2 aliphatic rings. The first-order valence-electron chi connectivity index (χ1n) is 11.5. The lowest BCUT2D eigenvalue weighted by atomic mass is 9.82. The van der Waals surface area contributed by atoms with E-state index in [2.05, 4.69) is 4.72 Å². The van der Waals surface area contributed by atoms with Crippen LogP contribution in [0.15, 0.2) is 24.3 Å². The highest BCUT2D eigenvalue weighted by Gasteiger charge is 2.44. The van der Waals surface area contributed by atoms with Crippen LogP contribution in [0.3, 0.4) is 0 Å². The summed E-state index contributed by atoms with van der Waals surface area (Å²) in [5.41, 5.74) is 1.01. The average molecular weight is 487 g/mol. The summed E-state index contributed by atoms with van der Waals surface area (Å²) in [6.45, 7) is 2.18. The van der Waals surface area contributed by atoms with Crippen molar-refractivity contribution < 1.29 is 31.8 Å². The molecule has 1 aliphatic heterocycles. The molecule has 33 heavy (non-hydrogen) atoms. The number of hydrogen-bond acceptors (Lipinski definition) is 6. The topological polar surface area (TPSA) is 94.2 Å². The van der Waals surface area contributed by atoms with Crippen molar-refractivity contribution in [2.75, 3.05) is 33.2 Å². The predicted molar refractivity (Wildman–Crippen MR) is 122 cm³/mol. The van der Waals surface area contributed by atoms with E-state index in [0.717, 1.165) is 31.2 Å². The fourth-order valence-corrected chi connectivity index (χ4v) is 6.16. The summed E-state index contributed by atoms with van der Waals surface area (Å²) in [5.74, 6) is -0.0633. The van der Waals surface area contributed by atoms with Crippen LogP contribution in [-0.2, 0) is 24.2 Å². The Morgan fingerprint density at radius 1 is 1.21 bits per heavy atom. The van der Waals surface area contributed by atoms with Crippen molar-refractivity contribution in [3.63, 3.8) is 0 Å². The van der Waals surface area contributed by atoms with Crippen LogP contribution >= 0.6 is 0 Å². The maximum Gasteiger partial charge on any atom is 0.410 e. The number of hydrogen-bond donors (Lipinski definition) is 1. The van der Waals surface area contributed by atoms with E-state index < -0.39 is 28.2 Å². The zero-order valence-corrected chi connectivity index (χ0v) is 20.4. The maximum absolute atomic E-state index is 13.6. The monoisotopic (exact) mass is 486 g/mol. The van der Waals surface area contributed by atoms with E-state index >= 15 is 0 Å². The number of benzene rings is 1. The van der Waals surface area contributed by atoms with E-state index in [1.165, 1.54) is 20.3 Å². The quantitative estimate of drug-likeness (QED) is 0.577. The van der Waals surface area contributed by atoms with Crippen molar-refractivity contribution in [1.29, 1.82) is 0 Å². The molecule has 1 aliphatic carbocycles. The molecule has 8 nitrogen and oxygen atoms in total. The van der Waals surface area contributed by atoms with Gasteiger partial charge in [0.25, 0.3) is 0 Å². The highest BCUT2D eigenvalue weighted by atomic mass is 32.2. The molecule has 2 fully saturated rings. The number of sulfonamides is 1. The van der Waals surface area contributed by atoms with E-state index in [1.807, 2.05) is 13.0 Å². The van der Waals surface area contributed by atoms with Gasteiger partial charge in [0.05, 0.1) is 38.2 Å². The Morgan fingerprint density at radius 2 is 1.94 bits per heavy atom. The zero-order chi connectivity index (χ0) is 24.0. The van der Waals surface area contributed by atoms with Gasteiger partial charge in [-0.3, -0.25) is 4.90 Å². The van der Waals surface area contributed by atoms with E-state index in [9.17, 15) is 17.6 Å². The Kier molecular flexibility index (Phi) is 9.09. The predicted octanol–water partition coefficient (Wildman–Crippen LogP) is 3.03. The first kappa shape index (κ1) is 25.9. The van der Waals surface area contributed by atoms with Gasteiger partial charge in [-0.25, -0.2) is 22.3 Å². The van der Waals surface area contributed by atoms with Crippen molar-refractivity contribution in [3.05, 3.63) is 35.6 Å². The summed E-state index contributed by atoms with van der Waals surface area (Å²) < 4.78 is 57.2. The number of nitrogens with one attached hydrogen (secondary N) is 1. The second-order valence-electron chi connectivity index (χ2n) is 8.93. The number of halogens is 1. The molecule has 186 valence electrons. The Balaban J connectivity index is 1.61. The molecule has 1 amide bonds. The number of ether oxygens (including phenoxy) is 3. The summed E-state index contributed by atoms with van der Waals surface area (Å²) in [7, 11) is -0.798. The van der Waals surface area contributed by atoms with Gasteiger partial charge in [0.2, 0.25) is 10.0 Å². The Bertz CT molecular complexity index is 891. The SMILES string of the molecule is COCCS(=O)(=O)N[C@H]1C[C@@H](C)N(C(=O)OC)[C@H]1COC1CCC(c2cccc(F)c2)CC1. The molecule has 1 aromatic carbocycles. The van der Waals surface area contributed by atoms with E-state index in [4.69, 9.17) is 14.2 Å². The smallest absolute Gasteiger partial charge is 0.410 e. The van der Waals surface area contributed by atoms with Crippen LogP contribution in [0.2, 0.25) is 0 Å². The number of likely N-dealkylation sites (tertiary alicyclic amines) is 1. The van der Waals surface area contributed by atoms with Crippen LogP contribution in [0, 0.1) is 5.82 Å². The van der Waals surface area contributed by atoms with Gasteiger partial charge in [-0.15, -0.1) is 0 Å². The largest absolute Gasteiger partial charge is 0.453 e. The molecule has 1 aromatic rings. The van der Waals surface area contributed by atoms with Crippen LogP contribution in [0.25, 0.3) is 0 Å². The van der Waals surface area contributed by atoms with Gasteiger partial charge < -0.3 is 14.2 Å². The van der Waals surface area contributed by atoms with Crippen LogP contribution in [0.1, 0.15) is 50.5 Å². The number of rotatable bonds is 9. The van der Waals surface area contributed by atoms with Crippen molar-refractivity contribution in [2.45, 2.75) is 69.2 Å². The molecule has 0 radical (unpaired) electrons. The summed E-state index contributed by atoms with van der Waals surface area (Å²) in [4.78, 5) is 14.0. The van der Waals surface area contributed by atoms with Gasteiger partial charge in [-0.1, -0.05) is 12.1 Å². The summed E-state index contributed by atoms with van der Waals surface area (Å²) >= 11 is 0. The maximum atomic E-state index is 13.6.